The van der Waals surface area contributed by atoms with Crippen LogP contribution in [-0.2, 0) is 4.74 Å². The van der Waals surface area contributed by atoms with Crippen molar-refractivity contribution in [3.8, 4) is 0 Å². The number of nitrogens with one attached hydrogen (secondary N) is 1. The molecule has 1 fully saturated rings. The van der Waals surface area contributed by atoms with Crippen molar-refractivity contribution < 1.29 is 13.9 Å². The summed E-state index contributed by atoms with van der Waals surface area (Å²) in [5.74, 6) is 0.232. The van der Waals surface area contributed by atoms with Gasteiger partial charge in [0, 0.05) is 25.0 Å². The van der Waals surface area contributed by atoms with E-state index in [4.69, 9.17) is 9.15 Å². The number of fused-ring (bicyclic) bond motifs is 1. The van der Waals surface area contributed by atoms with Gasteiger partial charge in [-0.25, -0.2) is 0 Å². The number of para-hydroxylation sites is 1. The Hall–Kier alpha value is -1.56. The van der Waals surface area contributed by atoms with E-state index in [1.807, 2.05) is 24.3 Å². The van der Waals surface area contributed by atoms with Crippen molar-refractivity contribution in [2.75, 3.05) is 39.4 Å². The van der Waals surface area contributed by atoms with Crippen LogP contribution in [0.25, 0.3) is 11.0 Å². The number of carbonyl (C=O) groups excluding carboxylic acids is 1. The molecule has 1 aliphatic rings. The number of morpholine rings is 1. The molecule has 2 aromatic rings. The van der Waals surface area contributed by atoms with Crippen LogP contribution in [0.3, 0.4) is 0 Å². The average molecular weight is 325 g/mol. The average Bonchev–Trinajstić information content (AvgIpc) is 2.96. The van der Waals surface area contributed by atoms with Gasteiger partial charge in [-0.3, -0.25) is 9.69 Å². The molecule has 0 spiro atoms. The largest absolute Gasteiger partial charge is 0.451 e. The van der Waals surface area contributed by atoms with Crippen LogP contribution in [-0.4, -0.2) is 50.2 Å². The molecule has 120 valence electrons. The lowest BCUT2D eigenvalue weighted by Crippen LogP contribution is -2.38. The highest BCUT2D eigenvalue weighted by atomic mass is 35.5. The third kappa shape index (κ3) is 4.22. The Kier molecular flexibility index (Phi) is 6.24. The smallest absolute Gasteiger partial charge is 0.287 e. The Morgan fingerprint density at radius 1 is 1.23 bits per heavy atom. The van der Waals surface area contributed by atoms with Crippen molar-refractivity contribution in [1.29, 1.82) is 0 Å². The predicted molar refractivity (Wildman–Crippen MR) is 87.7 cm³/mol. The molecule has 0 atom stereocenters. The summed E-state index contributed by atoms with van der Waals surface area (Å²) in [6.45, 7) is 5.24. The summed E-state index contributed by atoms with van der Waals surface area (Å²) < 4.78 is 10.8. The maximum Gasteiger partial charge on any atom is 0.287 e. The van der Waals surface area contributed by atoms with E-state index in [0.717, 1.165) is 50.2 Å². The van der Waals surface area contributed by atoms with Gasteiger partial charge in [-0.1, -0.05) is 18.2 Å². The van der Waals surface area contributed by atoms with Crippen LogP contribution in [0.1, 0.15) is 17.0 Å². The molecule has 0 unspecified atom stereocenters. The van der Waals surface area contributed by atoms with Crippen LogP contribution in [0, 0.1) is 0 Å². The van der Waals surface area contributed by atoms with Crippen LogP contribution in [0.5, 0.6) is 0 Å². The maximum absolute atomic E-state index is 12.0. The minimum atomic E-state index is -0.145. The molecular formula is C16H21ClN2O3. The van der Waals surface area contributed by atoms with Gasteiger partial charge in [-0.15, -0.1) is 12.4 Å². The minimum Gasteiger partial charge on any atom is -0.451 e. The first-order valence-corrected chi connectivity index (χ1v) is 7.40. The number of halogens is 1. The number of hydrogen-bond acceptors (Lipinski definition) is 4. The molecule has 1 aliphatic heterocycles. The number of nitrogens with zero attached hydrogens (tertiary/aromatic N) is 1. The van der Waals surface area contributed by atoms with E-state index in [-0.39, 0.29) is 18.3 Å². The number of rotatable bonds is 5. The van der Waals surface area contributed by atoms with Crippen LogP contribution < -0.4 is 5.32 Å². The molecule has 3 rings (SSSR count). The van der Waals surface area contributed by atoms with Gasteiger partial charge < -0.3 is 14.5 Å². The molecule has 1 saturated heterocycles. The van der Waals surface area contributed by atoms with Gasteiger partial charge >= 0.3 is 0 Å². The van der Waals surface area contributed by atoms with E-state index in [1.54, 1.807) is 6.07 Å². The lowest BCUT2D eigenvalue weighted by atomic mass is 10.2. The first kappa shape index (κ1) is 16.8. The molecule has 0 aliphatic carbocycles. The summed E-state index contributed by atoms with van der Waals surface area (Å²) in [5.41, 5.74) is 0.746. The quantitative estimate of drug-likeness (QED) is 0.858. The molecule has 2 heterocycles. The van der Waals surface area contributed by atoms with E-state index < -0.39 is 0 Å². The first-order valence-electron chi connectivity index (χ1n) is 7.40. The molecular weight excluding hydrogens is 304 g/mol. The van der Waals surface area contributed by atoms with Crippen molar-refractivity contribution in [3.05, 3.63) is 36.1 Å². The fourth-order valence-electron chi connectivity index (χ4n) is 2.51. The second-order valence-corrected chi connectivity index (χ2v) is 5.21. The van der Waals surface area contributed by atoms with Crippen molar-refractivity contribution in [1.82, 2.24) is 10.2 Å². The van der Waals surface area contributed by atoms with Gasteiger partial charge in [0.05, 0.1) is 13.2 Å². The normalized spacial score (nSPS) is 15.5. The van der Waals surface area contributed by atoms with E-state index in [9.17, 15) is 4.79 Å². The molecule has 0 radical (unpaired) electrons. The molecule has 6 heteroatoms. The zero-order valence-electron chi connectivity index (χ0n) is 12.4. The van der Waals surface area contributed by atoms with Crippen molar-refractivity contribution in [2.24, 2.45) is 0 Å². The lowest BCUT2D eigenvalue weighted by molar-refractivity contribution is 0.0374. The van der Waals surface area contributed by atoms with Crippen molar-refractivity contribution >= 4 is 29.3 Å². The third-order valence-corrected chi connectivity index (χ3v) is 3.69. The zero-order chi connectivity index (χ0) is 14.5. The van der Waals surface area contributed by atoms with E-state index in [0.29, 0.717) is 12.3 Å². The molecule has 1 aromatic carbocycles. The summed E-state index contributed by atoms with van der Waals surface area (Å²) >= 11 is 0. The molecule has 1 amide bonds. The first-order chi connectivity index (χ1) is 10.3. The Bertz CT molecular complexity index is 575. The Labute approximate surface area is 136 Å². The number of amides is 1. The summed E-state index contributed by atoms with van der Waals surface area (Å²) in [4.78, 5) is 14.4. The standard InChI is InChI=1S/C16H20N2O3.ClH/c19-16(15-12-13-4-1-2-5-14(13)21-15)17-6-3-7-18-8-10-20-11-9-18;/h1-2,4-5,12H,3,6-11H2,(H,17,19);1H. The molecule has 1 N–H and O–H groups in total. The summed E-state index contributed by atoms with van der Waals surface area (Å²) in [7, 11) is 0. The maximum atomic E-state index is 12.0. The van der Waals surface area contributed by atoms with Crippen molar-refractivity contribution in [3.63, 3.8) is 0 Å². The van der Waals surface area contributed by atoms with Crippen LogP contribution in [0.4, 0.5) is 0 Å². The minimum absolute atomic E-state index is 0. The van der Waals surface area contributed by atoms with Gasteiger partial charge in [0.15, 0.2) is 5.76 Å². The number of furan rings is 1. The Morgan fingerprint density at radius 2 is 2.00 bits per heavy atom. The molecule has 5 nitrogen and oxygen atoms in total. The Morgan fingerprint density at radius 3 is 2.77 bits per heavy atom. The van der Waals surface area contributed by atoms with E-state index >= 15 is 0 Å². The number of hydrogen-bond donors (Lipinski definition) is 1. The molecule has 0 bridgehead atoms. The molecule has 1 aromatic heterocycles. The summed E-state index contributed by atoms with van der Waals surface area (Å²) in [5, 5.41) is 3.86. The van der Waals surface area contributed by atoms with Crippen LogP contribution in [0.2, 0.25) is 0 Å². The second kappa shape index (κ2) is 8.17. The highest BCUT2D eigenvalue weighted by molar-refractivity contribution is 5.95. The Balaban J connectivity index is 0.00000176. The zero-order valence-corrected chi connectivity index (χ0v) is 13.2. The van der Waals surface area contributed by atoms with E-state index in [1.165, 1.54) is 0 Å². The van der Waals surface area contributed by atoms with Crippen LogP contribution >= 0.6 is 12.4 Å². The van der Waals surface area contributed by atoms with Gasteiger partial charge in [0.1, 0.15) is 5.58 Å². The summed E-state index contributed by atoms with van der Waals surface area (Å²) in [6.07, 6.45) is 0.936. The second-order valence-electron chi connectivity index (χ2n) is 5.21. The van der Waals surface area contributed by atoms with Gasteiger partial charge in [0.2, 0.25) is 0 Å². The van der Waals surface area contributed by atoms with Gasteiger partial charge in [-0.2, -0.15) is 0 Å². The predicted octanol–water partition coefficient (Wildman–Crippen LogP) is 2.31. The number of ether oxygens (including phenoxy) is 1. The highest BCUT2D eigenvalue weighted by Crippen LogP contribution is 2.18. The fraction of sp³-hybridized carbons (Fsp3) is 0.438. The monoisotopic (exact) mass is 324 g/mol. The fourth-order valence-corrected chi connectivity index (χ4v) is 2.51. The van der Waals surface area contributed by atoms with Gasteiger partial charge in [0.25, 0.3) is 5.91 Å². The SMILES string of the molecule is Cl.O=C(NCCCN1CCOCC1)c1cc2ccccc2o1. The topological polar surface area (TPSA) is 54.7 Å². The third-order valence-electron chi connectivity index (χ3n) is 3.69. The summed E-state index contributed by atoms with van der Waals surface area (Å²) in [6, 6.07) is 9.42. The van der Waals surface area contributed by atoms with Crippen LogP contribution in [0.15, 0.2) is 34.7 Å². The molecule has 22 heavy (non-hydrogen) atoms. The number of carbonyl (C=O) groups is 1. The molecule has 0 saturated carbocycles. The lowest BCUT2D eigenvalue weighted by Gasteiger charge is -2.26. The van der Waals surface area contributed by atoms with Crippen molar-refractivity contribution in [2.45, 2.75) is 6.42 Å². The highest BCUT2D eigenvalue weighted by Gasteiger charge is 2.12. The van der Waals surface area contributed by atoms with E-state index in [2.05, 4.69) is 10.2 Å². The van der Waals surface area contributed by atoms with Gasteiger partial charge in [-0.05, 0) is 25.1 Å². The number of benzene rings is 1.